The van der Waals surface area contributed by atoms with Crippen molar-refractivity contribution in [2.45, 2.75) is 33.6 Å². The summed E-state index contributed by atoms with van der Waals surface area (Å²) in [6.07, 6.45) is 3.83. The van der Waals surface area contributed by atoms with Crippen LogP contribution in [0.15, 0.2) is 12.3 Å². The molecular formula is C15H21N5. The molecule has 5 nitrogen and oxygen atoms in total. The molecule has 0 saturated heterocycles. The van der Waals surface area contributed by atoms with Gasteiger partial charge in [-0.05, 0) is 58.8 Å². The SMILES string of the molecule is CNCCCc1c(C)nc(-c2ccnc(C)n2)nc1C. The predicted octanol–water partition coefficient (Wildman–Crippen LogP) is 2.01. The average molecular weight is 271 g/mol. The highest BCUT2D eigenvalue weighted by molar-refractivity contribution is 5.49. The van der Waals surface area contributed by atoms with Crippen LogP contribution < -0.4 is 5.32 Å². The monoisotopic (exact) mass is 271 g/mol. The maximum atomic E-state index is 4.60. The topological polar surface area (TPSA) is 63.6 Å². The highest BCUT2D eigenvalue weighted by atomic mass is 15.0. The van der Waals surface area contributed by atoms with Crippen molar-refractivity contribution in [3.63, 3.8) is 0 Å². The minimum atomic E-state index is 0.683. The van der Waals surface area contributed by atoms with Gasteiger partial charge in [-0.15, -0.1) is 0 Å². The first kappa shape index (κ1) is 14.5. The van der Waals surface area contributed by atoms with Crippen LogP contribution in [0.2, 0.25) is 0 Å². The lowest BCUT2D eigenvalue weighted by atomic mass is 10.1. The van der Waals surface area contributed by atoms with E-state index in [2.05, 4.69) is 25.3 Å². The van der Waals surface area contributed by atoms with E-state index >= 15 is 0 Å². The molecule has 0 aliphatic rings. The van der Waals surface area contributed by atoms with Gasteiger partial charge in [-0.3, -0.25) is 0 Å². The van der Waals surface area contributed by atoms with Gasteiger partial charge < -0.3 is 5.32 Å². The molecule has 0 atom stereocenters. The van der Waals surface area contributed by atoms with Gasteiger partial charge in [0, 0.05) is 17.6 Å². The summed E-state index contributed by atoms with van der Waals surface area (Å²) in [5.74, 6) is 1.42. The third kappa shape index (κ3) is 3.36. The van der Waals surface area contributed by atoms with Crippen LogP contribution in [0.4, 0.5) is 0 Å². The molecule has 0 fully saturated rings. The molecule has 2 aromatic heterocycles. The van der Waals surface area contributed by atoms with E-state index in [-0.39, 0.29) is 0 Å². The molecule has 1 N–H and O–H groups in total. The van der Waals surface area contributed by atoms with Gasteiger partial charge in [0.1, 0.15) is 11.5 Å². The second kappa shape index (κ2) is 6.52. The number of nitrogens with zero attached hydrogens (tertiary/aromatic N) is 4. The van der Waals surface area contributed by atoms with Crippen LogP contribution >= 0.6 is 0 Å². The van der Waals surface area contributed by atoms with Gasteiger partial charge >= 0.3 is 0 Å². The van der Waals surface area contributed by atoms with Gasteiger partial charge in [0.15, 0.2) is 5.82 Å². The zero-order valence-corrected chi connectivity index (χ0v) is 12.6. The van der Waals surface area contributed by atoms with E-state index in [1.54, 1.807) is 6.20 Å². The third-order valence-electron chi connectivity index (χ3n) is 3.28. The molecule has 5 heteroatoms. The zero-order chi connectivity index (χ0) is 14.5. The molecule has 106 valence electrons. The molecule has 2 aromatic rings. The summed E-state index contributed by atoms with van der Waals surface area (Å²) in [7, 11) is 1.97. The van der Waals surface area contributed by atoms with E-state index in [0.29, 0.717) is 5.82 Å². The Morgan fingerprint density at radius 3 is 2.35 bits per heavy atom. The quantitative estimate of drug-likeness (QED) is 0.843. The minimum absolute atomic E-state index is 0.683. The Morgan fingerprint density at radius 2 is 1.75 bits per heavy atom. The van der Waals surface area contributed by atoms with E-state index < -0.39 is 0 Å². The summed E-state index contributed by atoms with van der Waals surface area (Å²) in [6, 6.07) is 1.85. The van der Waals surface area contributed by atoms with E-state index in [1.165, 1.54) is 5.56 Å². The smallest absolute Gasteiger partial charge is 0.178 e. The van der Waals surface area contributed by atoms with Crippen molar-refractivity contribution in [1.82, 2.24) is 25.3 Å². The van der Waals surface area contributed by atoms with Crippen LogP contribution in [0, 0.1) is 20.8 Å². The van der Waals surface area contributed by atoms with Gasteiger partial charge in [0.25, 0.3) is 0 Å². The fourth-order valence-electron chi connectivity index (χ4n) is 2.24. The van der Waals surface area contributed by atoms with E-state index in [1.807, 2.05) is 33.9 Å². The van der Waals surface area contributed by atoms with Crippen molar-refractivity contribution in [3.8, 4) is 11.5 Å². The van der Waals surface area contributed by atoms with Crippen LogP contribution in [0.3, 0.4) is 0 Å². The molecule has 2 heterocycles. The van der Waals surface area contributed by atoms with Gasteiger partial charge in [0.2, 0.25) is 0 Å². The van der Waals surface area contributed by atoms with Crippen LogP contribution in [0.5, 0.6) is 0 Å². The fraction of sp³-hybridized carbons (Fsp3) is 0.467. The summed E-state index contributed by atoms with van der Waals surface area (Å²) < 4.78 is 0. The Morgan fingerprint density at radius 1 is 1.05 bits per heavy atom. The van der Waals surface area contributed by atoms with Crippen LogP contribution in [-0.2, 0) is 6.42 Å². The minimum Gasteiger partial charge on any atom is -0.320 e. The van der Waals surface area contributed by atoms with Gasteiger partial charge in [-0.25, -0.2) is 19.9 Å². The average Bonchev–Trinajstić information content (AvgIpc) is 2.41. The van der Waals surface area contributed by atoms with Crippen molar-refractivity contribution in [1.29, 1.82) is 0 Å². The predicted molar refractivity (Wildman–Crippen MR) is 79.5 cm³/mol. The second-order valence-corrected chi connectivity index (χ2v) is 4.89. The fourth-order valence-corrected chi connectivity index (χ4v) is 2.24. The number of hydrogen-bond acceptors (Lipinski definition) is 5. The van der Waals surface area contributed by atoms with Crippen molar-refractivity contribution in [2.75, 3.05) is 13.6 Å². The maximum Gasteiger partial charge on any atom is 0.178 e. The van der Waals surface area contributed by atoms with Crippen molar-refractivity contribution in [3.05, 3.63) is 35.0 Å². The number of rotatable bonds is 5. The zero-order valence-electron chi connectivity index (χ0n) is 12.6. The summed E-state index contributed by atoms with van der Waals surface area (Å²) in [5, 5.41) is 3.16. The molecule has 0 aliphatic carbocycles. The van der Waals surface area contributed by atoms with Crippen molar-refractivity contribution >= 4 is 0 Å². The normalized spacial score (nSPS) is 10.8. The second-order valence-electron chi connectivity index (χ2n) is 4.89. The van der Waals surface area contributed by atoms with Crippen LogP contribution in [0.25, 0.3) is 11.5 Å². The molecule has 0 spiro atoms. The number of aryl methyl sites for hydroxylation is 3. The lowest BCUT2D eigenvalue weighted by molar-refractivity contribution is 0.715. The van der Waals surface area contributed by atoms with Crippen LogP contribution in [0.1, 0.15) is 29.2 Å². The number of hydrogen-bond donors (Lipinski definition) is 1. The Bertz CT molecular complexity index is 572. The lowest BCUT2D eigenvalue weighted by Gasteiger charge is -2.10. The number of nitrogens with one attached hydrogen (secondary N) is 1. The maximum absolute atomic E-state index is 4.60. The Labute approximate surface area is 119 Å². The molecule has 0 saturated carbocycles. The first-order chi connectivity index (χ1) is 9.61. The molecule has 20 heavy (non-hydrogen) atoms. The lowest BCUT2D eigenvalue weighted by Crippen LogP contribution is -2.10. The summed E-state index contributed by atoms with van der Waals surface area (Å²) in [4.78, 5) is 17.7. The standard InChI is InChI=1S/C15H21N5/c1-10-13(6-5-8-16-4)11(2)19-15(18-10)14-7-9-17-12(3)20-14/h7,9,16H,5-6,8H2,1-4H3. The molecule has 0 unspecified atom stereocenters. The van der Waals surface area contributed by atoms with E-state index in [9.17, 15) is 0 Å². The van der Waals surface area contributed by atoms with Crippen molar-refractivity contribution < 1.29 is 0 Å². The molecule has 2 rings (SSSR count). The van der Waals surface area contributed by atoms with Gasteiger partial charge in [-0.1, -0.05) is 0 Å². The Balaban J connectivity index is 2.30. The molecule has 0 aromatic carbocycles. The van der Waals surface area contributed by atoms with Crippen LogP contribution in [-0.4, -0.2) is 33.5 Å². The summed E-state index contributed by atoms with van der Waals surface area (Å²) in [5.41, 5.74) is 4.11. The highest BCUT2D eigenvalue weighted by Gasteiger charge is 2.10. The molecule has 0 amide bonds. The largest absolute Gasteiger partial charge is 0.320 e. The first-order valence-corrected chi connectivity index (χ1v) is 6.90. The van der Waals surface area contributed by atoms with Crippen molar-refractivity contribution in [2.24, 2.45) is 0 Å². The number of aromatic nitrogens is 4. The first-order valence-electron chi connectivity index (χ1n) is 6.90. The van der Waals surface area contributed by atoms with Gasteiger partial charge in [-0.2, -0.15) is 0 Å². The summed E-state index contributed by atoms with van der Waals surface area (Å²) >= 11 is 0. The van der Waals surface area contributed by atoms with Gasteiger partial charge in [0.05, 0.1) is 0 Å². The molecule has 0 radical (unpaired) electrons. The van der Waals surface area contributed by atoms with E-state index in [4.69, 9.17) is 0 Å². The molecule has 0 aliphatic heterocycles. The molecule has 0 bridgehead atoms. The molecular weight excluding hydrogens is 250 g/mol. The van der Waals surface area contributed by atoms with E-state index in [0.717, 1.165) is 42.3 Å². The third-order valence-corrected chi connectivity index (χ3v) is 3.28. The Hall–Kier alpha value is -1.88. The summed E-state index contributed by atoms with van der Waals surface area (Å²) in [6.45, 7) is 6.96. The Kier molecular flexibility index (Phi) is 4.74. The highest BCUT2D eigenvalue weighted by Crippen LogP contribution is 2.18.